The number of hydrogen-bond donors (Lipinski definition) is 0. The number of nitrogens with zero attached hydrogens (tertiary/aromatic N) is 2. The Balaban J connectivity index is 4.53. The normalized spacial score (nSPS) is 12.9. The molecule has 0 aliphatic rings. The topological polar surface area (TPSA) is 40.6 Å². The molecule has 11 heavy (non-hydrogen) atoms. The van der Waals surface area contributed by atoms with Gasteiger partial charge in [-0.2, -0.15) is 17.0 Å². The van der Waals surface area contributed by atoms with Gasteiger partial charge in [-0.3, -0.25) is 0 Å². The van der Waals surface area contributed by atoms with Crippen molar-refractivity contribution in [1.82, 2.24) is 8.61 Å². The fourth-order valence-electron chi connectivity index (χ4n) is 0.781. The molecule has 0 aliphatic heterocycles. The largest absolute Gasteiger partial charge is 0.281 e. The monoisotopic (exact) mass is 180 g/mol. The molecule has 0 N–H and O–H groups in total. The summed E-state index contributed by atoms with van der Waals surface area (Å²) in [6, 6.07) is 0. The zero-order chi connectivity index (χ0) is 9.07. The molecule has 0 aromatic carbocycles. The van der Waals surface area contributed by atoms with Gasteiger partial charge in [0, 0.05) is 27.2 Å². The molecular formula is C6H16N2O2S. The predicted octanol–water partition coefficient (Wildman–Crippen LogP) is 0.135. The molecule has 5 heteroatoms. The molecule has 0 unspecified atom stereocenters. The Bertz CT molecular complexity index is 195. The Morgan fingerprint density at radius 1 is 1.09 bits per heavy atom. The summed E-state index contributed by atoms with van der Waals surface area (Å²) < 4.78 is 25.3. The van der Waals surface area contributed by atoms with Gasteiger partial charge in [-0.25, -0.2) is 0 Å². The van der Waals surface area contributed by atoms with Crippen molar-refractivity contribution in [2.24, 2.45) is 0 Å². The average molecular weight is 180 g/mol. The maximum Gasteiger partial charge on any atom is 0.281 e. The SMILES string of the molecule is CCN(CC)S(=O)(=O)N(C)C. The van der Waals surface area contributed by atoms with E-state index in [1.807, 2.05) is 13.8 Å². The molecule has 0 aliphatic carbocycles. The highest BCUT2D eigenvalue weighted by atomic mass is 32.2. The van der Waals surface area contributed by atoms with Gasteiger partial charge in [-0.1, -0.05) is 13.8 Å². The summed E-state index contributed by atoms with van der Waals surface area (Å²) in [5, 5.41) is 0. The predicted molar refractivity (Wildman–Crippen MR) is 45.5 cm³/mol. The third-order valence-corrected chi connectivity index (χ3v) is 3.59. The van der Waals surface area contributed by atoms with E-state index in [-0.39, 0.29) is 0 Å². The van der Waals surface area contributed by atoms with Crippen LogP contribution >= 0.6 is 0 Å². The van der Waals surface area contributed by atoms with Crippen LogP contribution in [0.1, 0.15) is 13.8 Å². The van der Waals surface area contributed by atoms with Crippen molar-refractivity contribution >= 4 is 10.2 Å². The van der Waals surface area contributed by atoms with Gasteiger partial charge in [0.2, 0.25) is 0 Å². The Kier molecular flexibility index (Phi) is 3.99. The summed E-state index contributed by atoms with van der Waals surface area (Å²) in [7, 11) is -0.102. The molecule has 0 aromatic rings. The molecular weight excluding hydrogens is 164 g/mol. The van der Waals surface area contributed by atoms with E-state index < -0.39 is 10.2 Å². The van der Waals surface area contributed by atoms with Crippen molar-refractivity contribution in [2.75, 3.05) is 27.2 Å². The van der Waals surface area contributed by atoms with E-state index in [2.05, 4.69) is 0 Å². The maximum atomic E-state index is 11.3. The van der Waals surface area contributed by atoms with Crippen molar-refractivity contribution < 1.29 is 8.42 Å². The lowest BCUT2D eigenvalue weighted by Crippen LogP contribution is -2.39. The molecule has 68 valence electrons. The van der Waals surface area contributed by atoms with E-state index in [1.54, 1.807) is 0 Å². The van der Waals surface area contributed by atoms with Crippen molar-refractivity contribution in [1.29, 1.82) is 0 Å². The fourth-order valence-corrected chi connectivity index (χ4v) is 1.90. The van der Waals surface area contributed by atoms with Crippen LogP contribution in [0.5, 0.6) is 0 Å². The Morgan fingerprint density at radius 2 is 1.45 bits per heavy atom. The van der Waals surface area contributed by atoms with E-state index >= 15 is 0 Å². The lowest BCUT2D eigenvalue weighted by Gasteiger charge is -2.22. The second-order valence-corrected chi connectivity index (χ2v) is 4.52. The first kappa shape index (κ1) is 10.9. The third kappa shape index (κ3) is 2.43. The molecule has 0 heterocycles. The highest BCUT2D eigenvalue weighted by molar-refractivity contribution is 7.86. The van der Waals surface area contributed by atoms with Gasteiger partial charge >= 0.3 is 0 Å². The third-order valence-electron chi connectivity index (χ3n) is 1.49. The minimum Gasteiger partial charge on any atom is -0.195 e. The summed E-state index contributed by atoms with van der Waals surface area (Å²) in [6.07, 6.45) is 0. The molecule has 0 saturated heterocycles. The molecule has 0 aromatic heterocycles. The highest BCUT2D eigenvalue weighted by Crippen LogP contribution is 2.01. The fraction of sp³-hybridized carbons (Fsp3) is 1.00. The van der Waals surface area contributed by atoms with E-state index in [0.717, 1.165) is 0 Å². The van der Waals surface area contributed by atoms with E-state index in [1.165, 1.54) is 22.7 Å². The van der Waals surface area contributed by atoms with Crippen LogP contribution in [0.15, 0.2) is 0 Å². The van der Waals surface area contributed by atoms with Crippen LogP contribution in [0, 0.1) is 0 Å². The van der Waals surface area contributed by atoms with Crippen LogP contribution in [0.25, 0.3) is 0 Å². The van der Waals surface area contributed by atoms with Gasteiger partial charge < -0.3 is 0 Å². The van der Waals surface area contributed by atoms with E-state index in [0.29, 0.717) is 13.1 Å². The van der Waals surface area contributed by atoms with Crippen LogP contribution in [0.2, 0.25) is 0 Å². The second kappa shape index (κ2) is 4.04. The van der Waals surface area contributed by atoms with Crippen molar-refractivity contribution in [3.63, 3.8) is 0 Å². The highest BCUT2D eigenvalue weighted by Gasteiger charge is 2.20. The summed E-state index contributed by atoms with van der Waals surface area (Å²) in [5.74, 6) is 0. The van der Waals surface area contributed by atoms with Crippen LogP contribution < -0.4 is 0 Å². The standard InChI is InChI=1S/C6H16N2O2S/c1-5-8(6-2)11(9,10)7(3)4/h5-6H2,1-4H3. The molecule has 0 amide bonds. The summed E-state index contributed by atoms with van der Waals surface area (Å²) in [4.78, 5) is 0. The Labute approximate surface area is 69.0 Å². The molecule has 0 radical (unpaired) electrons. The second-order valence-electron chi connectivity index (χ2n) is 2.37. The molecule has 0 atom stereocenters. The zero-order valence-electron chi connectivity index (χ0n) is 7.53. The molecule has 0 saturated carbocycles. The van der Waals surface area contributed by atoms with Gasteiger partial charge in [0.1, 0.15) is 0 Å². The summed E-state index contributed by atoms with van der Waals surface area (Å²) >= 11 is 0. The quantitative estimate of drug-likeness (QED) is 0.617. The minimum atomic E-state index is -3.17. The molecule has 0 rings (SSSR count). The van der Waals surface area contributed by atoms with Crippen LogP contribution in [-0.4, -0.2) is 44.2 Å². The maximum absolute atomic E-state index is 11.3. The molecule has 0 spiro atoms. The molecule has 0 fully saturated rings. The van der Waals surface area contributed by atoms with Gasteiger partial charge in [0.25, 0.3) is 10.2 Å². The summed E-state index contributed by atoms with van der Waals surface area (Å²) in [6.45, 7) is 4.70. The van der Waals surface area contributed by atoms with Crippen LogP contribution in [0.3, 0.4) is 0 Å². The van der Waals surface area contributed by atoms with Crippen LogP contribution in [-0.2, 0) is 10.2 Å². The van der Waals surface area contributed by atoms with Gasteiger partial charge in [-0.15, -0.1) is 0 Å². The zero-order valence-corrected chi connectivity index (χ0v) is 8.35. The molecule has 0 bridgehead atoms. The van der Waals surface area contributed by atoms with Crippen LogP contribution in [0.4, 0.5) is 0 Å². The van der Waals surface area contributed by atoms with Crippen molar-refractivity contribution in [3.8, 4) is 0 Å². The summed E-state index contributed by atoms with van der Waals surface area (Å²) in [5.41, 5.74) is 0. The van der Waals surface area contributed by atoms with Crippen molar-refractivity contribution in [2.45, 2.75) is 13.8 Å². The van der Waals surface area contributed by atoms with Gasteiger partial charge in [-0.05, 0) is 0 Å². The van der Waals surface area contributed by atoms with E-state index in [9.17, 15) is 8.42 Å². The smallest absolute Gasteiger partial charge is 0.195 e. The number of rotatable bonds is 4. The lowest BCUT2D eigenvalue weighted by atomic mass is 10.7. The number of hydrogen-bond acceptors (Lipinski definition) is 2. The van der Waals surface area contributed by atoms with Gasteiger partial charge in [0.05, 0.1) is 0 Å². The Hall–Kier alpha value is -0.130. The van der Waals surface area contributed by atoms with Crippen molar-refractivity contribution in [3.05, 3.63) is 0 Å². The van der Waals surface area contributed by atoms with Gasteiger partial charge in [0.15, 0.2) is 0 Å². The average Bonchev–Trinajstić information content (AvgIpc) is 1.89. The first-order chi connectivity index (χ1) is 4.96. The first-order valence-electron chi connectivity index (χ1n) is 3.64. The lowest BCUT2D eigenvalue weighted by molar-refractivity contribution is 0.399. The first-order valence-corrected chi connectivity index (χ1v) is 5.04. The minimum absolute atomic E-state index is 0.525. The van der Waals surface area contributed by atoms with E-state index in [4.69, 9.17) is 0 Å². The molecule has 4 nitrogen and oxygen atoms in total. The Morgan fingerprint density at radius 3 is 1.55 bits per heavy atom.